The molecule has 1 saturated carbocycles. The number of likely N-dealkylation sites (tertiary alicyclic amines) is 1. The molecule has 2 aliphatic heterocycles. The highest BCUT2D eigenvalue weighted by Gasteiger charge is 2.41. The van der Waals surface area contributed by atoms with Gasteiger partial charge in [-0.05, 0) is 82.2 Å². The van der Waals surface area contributed by atoms with Crippen LogP contribution in [-0.2, 0) is 9.59 Å². The Hall–Kier alpha value is -1.14. The van der Waals surface area contributed by atoms with Gasteiger partial charge in [-0.15, -0.1) is 0 Å². The van der Waals surface area contributed by atoms with Crippen LogP contribution in [0.2, 0.25) is 0 Å². The molecule has 2 heterocycles. The Morgan fingerprint density at radius 3 is 2.47 bits per heavy atom. The topological polar surface area (TPSA) is 55.9 Å². The Kier molecular flexibility index (Phi) is 9.02. The SMILES string of the molecule is CC(C)C[C@@H]1NCCN([C@@H](CC(C)C)C(=O)N2CCC3CC(CN(C)C)CCC3C2)C1=O. The lowest BCUT2D eigenvalue weighted by molar-refractivity contribution is -0.151. The fourth-order valence-electron chi connectivity index (χ4n) is 6.34. The standard InChI is InChI=1S/C26H48N4O2/c1-18(2)13-23-25(31)30(12-10-27-23)24(14-19(3)4)26(32)29-11-9-21-15-20(16-28(5)6)7-8-22(21)17-29/h18-24,27H,7-17H2,1-6H3/t20?,21?,22?,23-,24-/m0/s1. The van der Waals surface area contributed by atoms with Crippen molar-refractivity contribution in [3.05, 3.63) is 0 Å². The van der Waals surface area contributed by atoms with Crippen molar-refractivity contribution in [1.82, 2.24) is 20.0 Å². The first-order valence-corrected chi connectivity index (χ1v) is 13.1. The van der Waals surface area contributed by atoms with Crippen LogP contribution in [0, 0.1) is 29.6 Å². The first-order chi connectivity index (χ1) is 15.2. The first-order valence-electron chi connectivity index (χ1n) is 13.1. The molecule has 2 amide bonds. The molecule has 1 aliphatic carbocycles. The summed E-state index contributed by atoms with van der Waals surface area (Å²) in [4.78, 5) is 33.5. The number of amides is 2. The number of nitrogens with zero attached hydrogens (tertiary/aromatic N) is 3. The van der Waals surface area contributed by atoms with Gasteiger partial charge in [-0.25, -0.2) is 0 Å². The van der Waals surface area contributed by atoms with Gasteiger partial charge in [0.15, 0.2) is 0 Å². The second-order valence-corrected chi connectivity index (χ2v) is 11.8. The zero-order valence-corrected chi connectivity index (χ0v) is 21.5. The van der Waals surface area contributed by atoms with Crippen molar-refractivity contribution in [2.45, 2.75) is 78.3 Å². The van der Waals surface area contributed by atoms with Crippen LogP contribution in [0.3, 0.4) is 0 Å². The fraction of sp³-hybridized carbons (Fsp3) is 0.923. The van der Waals surface area contributed by atoms with E-state index in [1.165, 1.54) is 25.8 Å². The maximum atomic E-state index is 13.8. The average molecular weight is 449 g/mol. The second-order valence-electron chi connectivity index (χ2n) is 11.8. The zero-order valence-electron chi connectivity index (χ0n) is 21.5. The summed E-state index contributed by atoms with van der Waals surface area (Å²) < 4.78 is 0. The van der Waals surface area contributed by atoms with Crippen LogP contribution in [0.4, 0.5) is 0 Å². The molecular formula is C26H48N4O2. The van der Waals surface area contributed by atoms with E-state index < -0.39 is 0 Å². The minimum absolute atomic E-state index is 0.128. The van der Waals surface area contributed by atoms with E-state index >= 15 is 0 Å². The highest BCUT2D eigenvalue weighted by molar-refractivity contribution is 5.90. The normalized spacial score (nSPS) is 30.2. The van der Waals surface area contributed by atoms with Crippen molar-refractivity contribution in [2.24, 2.45) is 29.6 Å². The van der Waals surface area contributed by atoms with Gasteiger partial charge in [0, 0.05) is 32.7 Å². The Bertz CT molecular complexity index is 635. The van der Waals surface area contributed by atoms with Crippen LogP contribution in [0.1, 0.15) is 66.2 Å². The van der Waals surface area contributed by atoms with Gasteiger partial charge in [0.05, 0.1) is 6.04 Å². The summed E-state index contributed by atoms with van der Waals surface area (Å²) in [5.74, 6) is 3.37. The average Bonchev–Trinajstić information content (AvgIpc) is 2.72. The number of piperidine rings is 1. The Labute approximate surface area is 196 Å². The van der Waals surface area contributed by atoms with Crippen molar-refractivity contribution in [3.63, 3.8) is 0 Å². The van der Waals surface area contributed by atoms with Crippen molar-refractivity contribution in [1.29, 1.82) is 0 Å². The molecule has 6 nitrogen and oxygen atoms in total. The molecule has 3 rings (SSSR count). The predicted molar refractivity (Wildman–Crippen MR) is 130 cm³/mol. The highest BCUT2D eigenvalue weighted by atomic mass is 16.2. The summed E-state index contributed by atoms with van der Waals surface area (Å²) in [5, 5.41) is 3.39. The van der Waals surface area contributed by atoms with Gasteiger partial charge in [-0.2, -0.15) is 0 Å². The third-order valence-corrected chi connectivity index (χ3v) is 7.80. The van der Waals surface area contributed by atoms with E-state index in [0.29, 0.717) is 24.3 Å². The molecule has 0 spiro atoms. The molecule has 2 saturated heterocycles. The van der Waals surface area contributed by atoms with Crippen LogP contribution in [-0.4, -0.2) is 85.4 Å². The number of carbonyl (C=O) groups excluding carboxylic acids is 2. The quantitative estimate of drug-likeness (QED) is 0.620. The molecule has 0 radical (unpaired) electrons. The highest BCUT2D eigenvalue weighted by Crippen LogP contribution is 2.39. The molecule has 3 aliphatic rings. The summed E-state index contributed by atoms with van der Waals surface area (Å²) in [6.07, 6.45) is 6.55. The van der Waals surface area contributed by atoms with E-state index in [4.69, 9.17) is 0 Å². The fourth-order valence-corrected chi connectivity index (χ4v) is 6.34. The number of hydrogen-bond acceptors (Lipinski definition) is 4. The van der Waals surface area contributed by atoms with E-state index in [2.05, 4.69) is 56.9 Å². The molecule has 0 bridgehead atoms. The third-order valence-electron chi connectivity index (χ3n) is 7.80. The lowest BCUT2D eigenvalue weighted by Crippen LogP contribution is -2.62. The molecule has 0 aromatic heterocycles. The molecule has 0 aromatic carbocycles. The maximum Gasteiger partial charge on any atom is 0.245 e. The van der Waals surface area contributed by atoms with E-state index in [9.17, 15) is 9.59 Å². The molecule has 3 unspecified atom stereocenters. The minimum Gasteiger partial charge on any atom is -0.341 e. The minimum atomic E-state index is -0.305. The van der Waals surface area contributed by atoms with Crippen LogP contribution in [0.15, 0.2) is 0 Å². The Balaban J connectivity index is 1.66. The molecule has 5 atom stereocenters. The van der Waals surface area contributed by atoms with Crippen molar-refractivity contribution < 1.29 is 9.59 Å². The molecular weight excluding hydrogens is 400 g/mol. The van der Waals surface area contributed by atoms with Gasteiger partial charge in [-0.1, -0.05) is 27.7 Å². The molecule has 3 fully saturated rings. The lowest BCUT2D eigenvalue weighted by Gasteiger charge is -2.46. The largest absolute Gasteiger partial charge is 0.341 e. The van der Waals surface area contributed by atoms with Gasteiger partial charge in [0.2, 0.25) is 11.8 Å². The smallest absolute Gasteiger partial charge is 0.245 e. The number of carbonyl (C=O) groups is 2. The number of piperazine rings is 1. The molecule has 1 N–H and O–H groups in total. The Morgan fingerprint density at radius 1 is 1.06 bits per heavy atom. The third kappa shape index (κ3) is 6.47. The van der Waals surface area contributed by atoms with Crippen molar-refractivity contribution >= 4 is 11.8 Å². The Morgan fingerprint density at radius 2 is 1.81 bits per heavy atom. The first kappa shape index (κ1) is 25.5. The van der Waals surface area contributed by atoms with Crippen LogP contribution in [0.25, 0.3) is 0 Å². The molecule has 32 heavy (non-hydrogen) atoms. The summed E-state index contributed by atoms with van der Waals surface area (Å²) in [7, 11) is 4.34. The summed E-state index contributed by atoms with van der Waals surface area (Å²) >= 11 is 0. The zero-order chi connectivity index (χ0) is 23.4. The summed E-state index contributed by atoms with van der Waals surface area (Å²) in [6.45, 7) is 13.0. The molecule has 0 aromatic rings. The number of rotatable bonds is 8. The summed E-state index contributed by atoms with van der Waals surface area (Å²) in [6, 6.07) is -0.454. The predicted octanol–water partition coefficient (Wildman–Crippen LogP) is 3.07. The van der Waals surface area contributed by atoms with Gasteiger partial charge >= 0.3 is 0 Å². The number of nitrogens with one attached hydrogen (secondary N) is 1. The maximum absolute atomic E-state index is 13.8. The van der Waals surface area contributed by atoms with E-state index in [1.807, 2.05) is 4.90 Å². The van der Waals surface area contributed by atoms with Gasteiger partial charge in [-0.3, -0.25) is 9.59 Å². The second kappa shape index (κ2) is 11.3. The van der Waals surface area contributed by atoms with Crippen LogP contribution in [0.5, 0.6) is 0 Å². The van der Waals surface area contributed by atoms with Crippen molar-refractivity contribution in [3.8, 4) is 0 Å². The number of hydrogen-bond donors (Lipinski definition) is 1. The monoisotopic (exact) mass is 448 g/mol. The van der Waals surface area contributed by atoms with E-state index in [-0.39, 0.29) is 23.9 Å². The van der Waals surface area contributed by atoms with E-state index in [1.54, 1.807) is 0 Å². The van der Waals surface area contributed by atoms with Crippen molar-refractivity contribution in [2.75, 3.05) is 46.8 Å². The van der Waals surface area contributed by atoms with Gasteiger partial charge in [0.25, 0.3) is 0 Å². The van der Waals surface area contributed by atoms with Gasteiger partial charge < -0.3 is 20.0 Å². The number of fused-ring (bicyclic) bond motifs is 1. The van der Waals surface area contributed by atoms with E-state index in [0.717, 1.165) is 50.7 Å². The van der Waals surface area contributed by atoms with Gasteiger partial charge in [0.1, 0.15) is 6.04 Å². The summed E-state index contributed by atoms with van der Waals surface area (Å²) in [5.41, 5.74) is 0. The molecule has 184 valence electrons. The van der Waals surface area contributed by atoms with Crippen LogP contribution >= 0.6 is 0 Å². The lowest BCUT2D eigenvalue weighted by atomic mass is 9.70. The molecule has 6 heteroatoms. The van der Waals surface area contributed by atoms with Crippen LogP contribution < -0.4 is 5.32 Å².